The van der Waals surface area contributed by atoms with Gasteiger partial charge in [-0.15, -0.1) is 0 Å². The SMILES string of the molecule is Cc1ccc(NCc2cc(Cl)cc(Cl)c2OCc2ccc(F)cc2)cc1Cl. The lowest BCUT2D eigenvalue weighted by Gasteiger charge is -2.15. The lowest BCUT2D eigenvalue weighted by atomic mass is 10.1. The molecular formula is C21H17Cl3FNO. The Balaban J connectivity index is 1.77. The lowest BCUT2D eigenvalue weighted by Crippen LogP contribution is -2.05. The van der Waals surface area contributed by atoms with E-state index in [-0.39, 0.29) is 12.4 Å². The smallest absolute Gasteiger partial charge is 0.143 e. The molecule has 0 fully saturated rings. The average Bonchev–Trinajstić information content (AvgIpc) is 2.63. The number of nitrogens with one attached hydrogen (secondary N) is 1. The van der Waals surface area contributed by atoms with Crippen molar-refractivity contribution in [3.63, 3.8) is 0 Å². The van der Waals surface area contributed by atoms with Gasteiger partial charge in [0.15, 0.2) is 0 Å². The zero-order chi connectivity index (χ0) is 19.4. The molecule has 0 amide bonds. The van der Waals surface area contributed by atoms with Crippen molar-refractivity contribution in [2.24, 2.45) is 0 Å². The molecule has 2 nitrogen and oxygen atoms in total. The third-order valence-corrected chi connectivity index (χ3v) is 4.94. The fourth-order valence-electron chi connectivity index (χ4n) is 2.54. The highest BCUT2D eigenvalue weighted by Gasteiger charge is 2.12. The third-order valence-electron chi connectivity index (χ3n) is 4.04. The van der Waals surface area contributed by atoms with Crippen LogP contribution in [0.3, 0.4) is 0 Å². The maximum absolute atomic E-state index is 13.0. The minimum absolute atomic E-state index is 0.269. The van der Waals surface area contributed by atoms with Crippen LogP contribution in [-0.2, 0) is 13.2 Å². The molecule has 3 aromatic carbocycles. The van der Waals surface area contributed by atoms with Crippen LogP contribution in [0.4, 0.5) is 10.1 Å². The molecule has 140 valence electrons. The third kappa shape index (κ3) is 5.29. The first-order valence-electron chi connectivity index (χ1n) is 8.27. The van der Waals surface area contributed by atoms with Crippen LogP contribution in [0.25, 0.3) is 0 Å². The van der Waals surface area contributed by atoms with Gasteiger partial charge in [0, 0.05) is 27.8 Å². The summed E-state index contributed by atoms with van der Waals surface area (Å²) >= 11 is 18.7. The van der Waals surface area contributed by atoms with Gasteiger partial charge in [0.2, 0.25) is 0 Å². The van der Waals surface area contributed by atoms with Crippen LogP contribution < -0.4 is 10.1 Å². The fourth-order valence-corrected chi connectivity index (χ4v) is 3.31. The van der Waals surface area contributed by atoms with Crippen LogP contribution >= 0.6 is 34.8 Å². The van der Waals surface area contributed by atoms with E-state index < -0.39 is 0 Å². The van der Waals surface area contributed by atoms with Crippen molar-refractivity contribution in [3.8, 4) is 5.75 Å². The predicted molar refractivity (Wildman–Crippen MR) is 111 cm³/mol. The van der Waals surface area contributed by atoms with Crippen LogP contribution in [0, 0.1) is 12.7 Å². The van der Waals surface area contributed by atoms with E-state index in [1.54, 1.807) is 24.3 Å². The minimum atomic E-state index is -0.287. The Hall–Kier alpha value is -1.94. The van der Waals surface area contributed by atoms with E-state index in [1.165, 1.54) is 12.1 Å². The first kappa shape index (κ1) is 19.8. The summed E-state index contributed by atoms with van der Waals surface area (Å²) in [4.78, 5) is 0. The Morgan fingerprint density at radius 1 is 0.926 bits per heavy atom. The summed E-state index contributed by atoms with van der Waals surface area (Å²) in [5.74, 6) is 0.251. The van der Waals surface area contributed by atoms with Crippen LogP contribution in [0.15, 0.2) is 54.6 Å². The largest absolute Gasteiger partial charge is 0.487 e. The summed E-state index contributed by atoms with van der Waals surface area (Å²) in [6, 6.07) is 15.3. The van der Waals surface area contributed by atoms with Gasteiger partial charge in [-0.25, -0.2) is 4.39 Å². The fraction of sp³-hybridized carbons (Fsp3) is 0.143. The Bertz CT molecular complexity index is 945. The van der Waals surface area contributed by atoms with Crippen molar-refractivity contribution in [1.29, 1.82) is 0 Å². The summed E-state index contributed by atoms with van der Waals surface area (Å²) in [6.45, 7) is 2.67. The van der Waals surface area contributed by atoms with Crippen LogP contribution in [0.2, 0.25) is 15.1 Å². The molecule has 3 aromatic rings. The van der Waals surface area contributed by atoms with E-state index in [4.69, 9.17) is 39.5 Å². The molecule has 0 radical (unpaired) electrons. The van der Waals surface area contributed by atoms with Gasteiger partial charge in [-0.3, -0.25) is 0 Å². The summed E-state index contributed by atoms with van der Waals surface area (Å²) in [6.07, 6.45) is 0. The average molecular weight is 425 g/mol. The number of aryl methyl sites for hydroxylation is 1. The molecule has 0 spiro atoms. The molecule has 0 heterocycles. The second kappa shape index (κ2) is 8.83. The van der Waals surface area contributed by atoms with E-state index in [1.807, 2.05) is 25.1 Å². The Kier molecular flexibility index (Phi) is 6.48. The lowest BCUT2D eigenvalue weighted by molar-refractivity contribution is 0.303. The standard InChI is InChI=1S/C21H17Cl3FNO/c1-13-2-7-18(10-19(13)23)26-11-15-8-16(22)9-20(24)21(15)27-12-14-3-5-17(25)6-4-14/h2-10,26H,11-12H2,1H3. The van der Waals surface area contributed by atoms with E-state index in [0.717, 1.165) is 22.4 Å². The van der Waals surface area contributed by atoms with Gasteiger partial charge in [-0.1, -0.05) is 53.0 Å². The Morgan fingerprint density at radius 2 is 1.67 bits per heavy atom. The van der Waals surface area contributed by atoms with Crippen molar-refractivity contribution in [1.82, 2.24) is 0 Å². The van der Waals surface area contributed by atoms with Crippen molar-refractivity contribution in [2.75, 3.05) is 5.32 Å². The number of hydrogen-bond donors (Lipinski definition) is 1. The molecule has 3 rings (SSSR count). The molecule has 0 aliphatic carbocycles. The zero-order valence-electron chi connectivity index (χ0n) is 14.5. The van der Waals surface area contributed by atoms with Gasteiger partial charge in [0.05, 0.1) is 5.02 Å². The van der Waals surface area contributed by atoms with Gasteiger partial charge in [0.1, 0.15) is 18.2 Å². The minimum Gasteiger partial charge on any atom is -0.487 e. The van der Waals surface area contributed by atoms with E-state index >= 15 is 0 Å². The monoisotopic (exact) mass is 423 g/mol. The van der Waals surface area contributed by atoms with E-state index in [0.29, 0.717) is 27.4 Å². The van der Waals surface area contributed by atoms with Crippen molar-refractivity contribution in [2.45, 2.75) is 20.1 Å². The Morgan fingerprint density at radius 3 is 2.37 bits per heavy atom. The maximum Gasteiger partial charge on any atom is 0.143 e. The molecule has 27 heavy (non-hydrogen) atoms. The van der Waals surface area contributed by atoms with Crippen LogP contribution in [0.5, 0.6) is 5.75 Å². The highest BCUT2D eigenvalue weighted by Crippen LogP contribution is 2.34. The van der Waals surface area contributed by atoms with Gasteiger partial charge in [0.25, 0.3) is 0 Å². The second-order valence-electron chi connectivity index (χ2n) is 6.11. The zero-order valence-corrected chi connectivity index (χ0v) is 16.8. The molecule has 0 saturated heterocycles. The molecule has 1 N–H and O–H groups in total. The highest BCUT2D eigenvalue weighted by molar-refractivity contribution is 6.35. The Labute approximate surface area is 172 Å². The normalized spacial score (nSPS) is 10.7. The molecule has 0 atom stereocenters. The highest BCUT2D eigenvalue weighted by atomic mass is 35.5. The number of halogens is 4. The molecule has 0 aliphatic rings. The van der Waals surface area contributed by atoms with Crippen LogP contribution in [-0.4, -0.2) is 0 Å². The quantitative estimate of drug-likeness (QED) is 0.449. The van der Waals surface area contributed by atoms with Gasteiger partial charge in [-0.2, -0.15) is 0 Å². The number of rotatable bonds is 6. The van der Waals surface area contributed by atoms with Gasteiger partial charge in [-0.05, 0) is 54.4 Å². The topological polar surface area (TPSA) is 21.3 Å². The summed E-state index contributed by atoms with van der Waals surface area (Å²) in [7, 11) is 0. The van der Waals surface area contributed by atoms with Crippen molar-refractivity contribution < 1.29 is 9.13 Å². The first-order chi connectivity index (χ1) is 12.9. The first-order valence-corrected chi connectivity index (χ1v) is 9.41. The number of ether oxygens (including phenoxy) is 1. The molecule has 0 unspecified atom stereocenters. The maximum atomic E-state index is 13.0. The van der Waals surface area contributed by atoms with E-state index in [9.17, 15) is 4.39 Å². The summed E-state index contributed by atoms with van der Waals surface area (Å²) < 4.78 is 18.9. The number of benzene rings is 3. The van der Waals surface area contributed by atoms with Gasteiger partial charge >= 0.3 is 0 Å². The summed E-state index contributed by atoms with van der Waals surface area (Å²) in [5.41, 5.74) is 3.54. The molecular weight excluding hydrogens is 408 g/mol. The van der Waals surface area contributed by atoms with E-state index in [2.05, 4.69) is 5.32 Å². The molecule has 6 heteroatoms. The second-order valence-corrected chi connectivity index (χ2v) is 7.36. The molecule has 0 saturated carbocycles. The summed E-state index contributed by atoms with van der Waals surface area (Å²) in [5, 5.41) is 4.93. The molecule has 0 aromatic heterocycles. The van der Waals surface area contributed by atoms with Gasteiger partial charge < -0.3 is 10.1 Å². The molecule has 0 bridgehead atoms. The van der Waals surface area contributed by atoms with Crippen LogP contribution in [0.1, 0.15) is 16.7 Å². The number of anilines is 1. The predicted octanol–water partition coefficient (Wildman–Crippen LogP) is 7.29. The number of hydrogen-bond acceptors (Lipinski definition) is 2. The van der Waals surface area contributed by atoms with Crippen molar-refractivity contribution >= 4 is 40.5 Å². The molecule has 0 aliphatic heterocycles. The van der Waals surface area contributed by atoms with Crippen molar-refractivity contribution in [3.05, 3.63) is 92.2 Å².